The van der Waals surface area contributed by atoms with Crippen LogP contribution in [0, 0.1) is 0 Å². The smallest absolute Gasteiger partial charge is 0.252 e. The van der Waals surface area contributed by atoms with Gasteiger partial charge in [0.25, 0.3) is 17.7 Å². The van der Waals surface area contributed by atoms with Crippen LogP contribution in [0.2, 0.25) is 0 Å². The van der Waals surface area contributed by atoms with Crippen molar-refractivity contribution < 1.29 is 43.0 Å². The highest BCUT2D eigenvalue weighted by Gasteiger charge is 2.43. The third kappa shape index (κ3) is 21.7. The summed E-state index contributed by atoms with van der Waals surface area (Å²) in [5.41, 5.74) is 41.1. The summed E-state index contributed by atoms with van der Waals surface area (Å²) in [6, 6.07) is 72.3. The minimum atomic E-state index is -1.90. The second kappa shape index (κ2) is 37.9. The number of nitrogens with two attached hydrogens (primary N) is 6. The number of unbranched alkanes of at least 4 members (excludes halogenated alkanes) is 3. The number of Topliss-reactive ketones (excluding diaryl/α,β-unsaturated/α-hetero) is 3. The molecule has 0 aliphatic carbocycles. The third-order valence-electron chi connectivity index (χ3n) is 17.9. The summed E-state index contributed by atoms with van der Waals surface area (Å²) in [7, 11) is 0. The van der Waals surface area contributed by atoms with Gasteiger partial charge >= 0.3 is 0 Å². The zero-order valence-corrected chi connectivity index (χ0v) is 57.7. The van der Waals surface area contributed by atoms with Crippen LogP contribution >= 0.6 is 12.4 Å². The Labute approximate surface area is 597 Å². The van der Waals surface area contributed by atoms with Gasteiger partial charge in [0.2, 0.25) is 0 Å². The summed E-state index contributed by atoms with van der Waals surface area (Å²) in [4.78, 5) is 86.0. The first-order chi connectivity index (χ1) is 48.5. The number of halogens is 1. The van der Waals surface area contributed by atoms with Gasteiger partial charge in [0.15, 0.2) is 34.0 Å². The van der Waals surface area contributed by atoms with Crippen molar-refractivity contribution >= 4 is 64.5 Å². The molecule has 9 aromatic carbocycles. The average molecular weight is 1380 g/mol. The summed E-state index contributed by atoms with van der Waals surface area (Å²) in [6.45, 7) is 2.21. The van der Waals surface area contributed by atoms with E-state index in [4.69, 9.17) is 48.6 Å². The largest absolute Gasteiger partial charge is 0.489 e. The zero-order chi connectivity index (χ0) is 70.7. The highest BCUT2D eigenvalue weighted by molar-refractivity contribution is 6.17. The van der Waals surface area contributed by atoms with Crippen LogP contribution < -0.4 is 64.6 Å². The molecule has 0 unspecified atom stereocenters. The molecule has 526 valence electrons. The zero-order valence-electron chi connectivity index (χ0n) is 56.9. The van der Waals surface area contributed by atoms with Crippen molar-refractivity contribution in [3.05, 3.63) is 287 Å². The second-order valence-electron chi connectivity index (χ2n) is 25.4. The van der Waals surface area contributed by atoms with E-state index in [0.29, 0.717) is 129 Å². The molecule has 101 heavy (non-hydrogen) atoms. The number of nitrogens with one attached hydrogen (secondary N) is 3. The molecule has 0 aliphatic rings. The molecule has 0 heterocycles. The molecule has 9 rings (SSSR count). The lowest BCUT2D eigenvalue weighted by Gasteiger charge is -2.28. The van der Waals surface area contributed by atoms with E-state index in [9.17, 15) is 28.8 Å². The Morgan fingerprint density at radius 1 is 0.307 bits per heavy atom. The maximum atomic E-state index is 14.4. The lowest BCUT2D eigenvalue weighted by Crippen LogP contribution is -2.58. The molecule has 0 saturated carbocycles. The van der Waals surface area contributed by atoms with Gasteiger partial charge in [-0.25, -0.2) is 0 Å². The Morgan fingerprint density at radius 2 is 0.545 bits per heavy atom. The molecule has 0 aromatic heterocycles. The molecule has 18 nitrogen and oxygen atoms in total. The first kappa shape index (κ1) is 76.6. The topological polar surface area (TPSA) is 322 Å². The van der Waals surface area contributed by atoms with E-state index in [1.165, 1.54) is 0 Å². The van der Waals surface area contributed by atoms with Crippen LogP contribution in [0.3, 0.4) is 0 Å². The van der Waals surface area contributed by atoms with Gasteiger partial charge in [0.05, 0.1) is 0 Å². The quantitative estimate of drug-likeness (QED) is 0.00982. The molecular formula is C82H92ClN9O9. The average Bonchev–Trinajstić information content (AvgIpc) is 0.808. The molecule has 0 bridgehead atoms. The van der Waals surface area contributed by atoms with E-state index >= 15 is 0 Å². The van der Waals surface area contributed by atoms with Crippen molar-refractivity contribution in [2.45, 2.75) is 119 Å². The fourth-order valence-electron chi connectivity index (χ4n) is 11.7. The van der Waals surface area contributed by atoms with Crippen LogP contribution in [0.25, 0.3) is 0 Å². The molecule has 15 N–H and O–H groups in total. The standard InChI is InChI=1S/C82H91N9O9.ClH/c83-49-13-10-46-80(86,73(92)52-58-22-40-70(41-23-58)98-55-61-16-4-1-5-17-61)77(95)89-67-34-28-64(29-35-67)76(65-30-36-68(37-31-65)90-78(96)81(87,47-11-14-50-84)74(93)53-59-24-42-71(43-25-59)99-56-62-18-6-2-7-19-62)66-32-38-69(39-33-66)91-79(97)82(88,48-12-15-51-85)75(94)54-60-26-44-72(45-27-60)100-57-63-20-8-3-9-21-63;/h1-9,16-45,76H,10-15,46-57,83-88H2,(H,89,95)(H,90,96)(H,91,97);1H/t80-,81-,82-;/m1./s1. The van der Waals surface area contributed by atoms with E-state index in [2.05, 4.69) is 16.0 Å². The summed E-state index contributed by atoms with van der Waals surface area (Å²) in [5, 5.41) is 8.79. The minimum Gasteiger partial charge on any atom is -0.489 e. The normalized spacial score (nSPS) is 12.9. The summed E-state index contributed by atoms with van der Waals surface area (Å²) < 4.78 is 17.9. The molecule has 0 fully saturated rings. The Morgan fingerprint density at radius 3 is 0.772 bits per heavy atom. The fourth-order valence-corrected chi connectivity index (χ4v) is 11.7. The number of hydrogen-bond acceptors (Lipinski definition) is 15. The molecule has 0 spiro atoms. The van der Waals surface area contributed by atoms with E-state index in [1.807, 2.05) is 127 Å². The van der Waals surface area contributed by atoms with Crippen molar-refractivity contribution in [1.82, 2.24) is 0 Å². The predicted molar refractivity (Wildman–Crippen MR) is 401 cm³/mol. The summed E-state index contributed by atoms with van der Waals surface area (Å²) in [5.74, 6) is -2.00. The highest BCUT2D eigenvalue weighted by Crippen LogP contribution is 2.35. The first-order valence-electron chi connectivity index (χ1n) is 34.1. The van der Waals surface area contributed by atoms with Gasteiger partial charge in [-0.05, 0) is 200 Å². The van der Waals surface area contributed by atoms with Crippen LogP contribution in [0.15, 0.2) is 237 Å². The van der Waals surface area contributed by atoms with Gasteiger partial charge in [-0.3, -0.25) is 28.8 Å². The monoisotopic (exact) mass is 1380 g/mol. The van der Waals surface area contributed by atoms with Crippen LogP contribution in [-0.4, -0.2) is 71.3 Å². The third-order valence-corrected chi connectivity index (χ3v) is 17.9. The highest BCUT2D eigenvalue weighted by atomic mass is 35.5. The molecule has 9 aromatic rings. The molecule has 3 amide bonds. The van der Waals surface area contributed by atoms with E-state index in [1.54, 1.807) is 109 Å². The maximum absolute atomic E-state index is 14.4. The van der Waals surface area contributed by atoms with Gasteiger partial charge in [-0.1, -0.05) is 164 Å². The molecule has 0 saturated heterocycles. The molecule has 0 radical (unpaired) electrons. The van der Waals surface area contributed by atoms with Crippen molar-refractivity contribution in [3.63, 3.8) is 0 Å². The van der Waals surface area contributed by atoms with Gasteiger partial charge in [-0.2, -0.15) is 0 Å². The van der Waals surface area contributed by atoms with Crippen LogP contribution in [-0.2, 0) is 67.9 Å². The Kier molecular flexibility index (Phi) is 28.7. The van der Waals surface area contributed by atoms with Crippen LogP contribution in [0.5, 0.6) is 17.2 Å². The van der Waals surface area contributed by atoms with E-state index in [-0.39, 0.29) is 50.9 Å². The number of carbonyl (C=O) groups is 6. The first-order valence-corrected chi connectivity index (χ1v) is 34.1. The fraction of sp³-hybridized carbons (Fsp3) is 0.268. The SMILES string of the molecule is Cl.NCCCC[C@@](N)(C(=O)Cc1ccc(OCc2ccccc2)cc1)C(=O)Nc1ccc(C(c2ccc(NC(=O)[C@@](N)(CCCCN)C(=O)Cc3ccc(OCc4ccccc4)cc3)cc2)c2ccc(NC(=O)[C@@](N)(CCCCN)C(=O)Cc3ccc(OCc4ccccc4)cc3)cc2)cc1. The number of ether oxygens (including phenoxy) is 3. The lowest BCUT2D eigenvalue weighted by atomic mass is 9.83. The Hall–Kier alpha value is -10.2. The van der Waals surface area contributed by atoms with E-state index in [0.717, 1.165) is 33.4 Å². The summed E-state index contributed by atoms with van der Waals surface area (Å²) >= 11 is 0. The molecule has 0 aliphatic heterocycles. The number of ketones is 3. The molecule has 3 atom stereocenters. The number of benzene rings is 9. The molecule has 19 heteroatoms. The van der Waals surface area contributed by atoms with Crippen molar-refractivity contribution in [1.29, 1.82) is 0 Å². The maximum Gasteiger partial charge on any atom is 0.252 e. The number of rotatable bonds is 39. The Bertz CT molecular complexity index is 3680. The van der Waals surface area contributed by atoms with Gasteiger partial charge < -0.3 is 64.6 Å². The molecular weight excluding hydrogens is 1290 g/mol. The number of carbonyl (C=O) groups excluding carboxylic acids is 6. The van der Waals surface area contributed by atoms with Gasteiger partial charge in [0, 0.05) is 42.2 Å². The van der Waals surface area contributed by atoms with E-state index < -0.39 is 57.6 Å². The Balaban J connectivity index is 0.0000130. The lowest BCUT2D eigenvalue weighted by molar-refractivity contribution is -0.134. The second-order valence-corrected chi connectivity index (χ2v) is 25.4. The van der Waals surface area contributed by atoms with Crippen LogP contribution in [0.1, 0.15) is 114 Å². The van der Waals surface area contributed by atoms with Gasteiger partial charge in [0.1, 0.15) is 37.1 Å². The van der Waals surface area contributed by atoms with Crippen molar-refractivity contribution in [3.8, 4) is 17.2 Å². The number of amides is 3. The summed E-state index contributed by atoms with van der Waals surface area (Å²) in [6.07, 6.45) is 2.89. The minimum absolute atomic E-state index is 0. The number of hydrogen-bond donors (Lipinski definition) is 9. The van der Waals surface area contributed by atoms with Crippen molar-refractivity contribution in [2.24, 2.45) is 34.4 Å². The van der Waals surface area contributed by atoms with Crippen LogP contribution in [0.4, 0.5) is 17.1 Å². The van der Waals surface area contributed by atoms with Crippen molar-refractivity contribution in [2.75, 3.05) is 35.6 Å². The number of anilines is 3. The predicted octanol–water partition coefficient (Wildman–Crippen LogP) is 11.8. The van der Waals surface area contributed by atoms with Gasteiger partial charge in [-0.15, -0.1) is 12.4 Å².